The Morgan fingerprint density at radius 3 is 2.45 bits per heavy atom. The van der Waals surface area contributed by atoms with Crippen LogP contribution in [0.15, 0.2) is 78.0 Å². The van der Waals surface area contributed by atoms with E-state index in [9.17, 15) is 13.2 Å². The van der Waals surface area contributed by atoms with Crippen molar-refractivity contribution < 1.29 is 17.9 Å². The van der Waals surface area contributed by atoms with Crippen LogP contribution in [-0.4, -0.2) is 23.7 Å². The number of hydrogen-bond donors (Lipinski definition) is 2. The maximum absolute atomic E-state index is 12.6. The number of amides is 1. The lowest BCUT2D eigenvalue weighted by molar-refractivity contribution is 0.0940. The number of aromatic nitrogens is 2. The van der Waals surface area contributed by atoms with Crippen LogP contribution in [0.4, 0.5) is 0 Å². The molecule has 0 aliphatic heterocycles. The molecule has 0 saturated carbocycles. The van der Waals surface area contributed by atoms with Gasteiger partial charge in [-0.2, -0.15) is 0 Å². The fraction of sp³-hybridized carbons (Fsp3) is 0.167. The second-order valence-electron chi connectivity index (χ2n) is 7.78. The van der Waals surface area contributed by atoms with Crippen LogP contribution in [0.2, 0.25) is 0 Å². The van der Waals surface area contributed by atoms with E-state index in [0.29, 0.717) is 17.9 Å². The van der Waals surface area contributed by atoms with Gasteiger partial charge in [0.1, 0.15) is 18.0 Å². The van der Waals surface area contributed by atoms with Crippen molar-refractivity contribution in [2.24, 2.45) is 5.14 Å². The van der Waals surface area contributed by atoms with E-state index in [1.165, 1.54) is 12.1 Å². The van der Waals surface area contributed by atoms with Crippen molar-refractivity contribution in [2.75, 3.05) is 0 Å². The number of nitrogens with zero attached hydrogens (tertiary/aromatic N) is 2. The second-order valence-corrected chi connectivity index (χ2v) is 9.34. The number of benzene rings is 2. The summed E-state index contributed by atoms with van der Waals surface area (Å²) in [6, 6.07) is 16.6. The van der Waals surface area contributed by atoms with Crippen molar-refractivity contribution in [3.63, 3.8) is 0 Å². The molecule has 4 rings (SSSR count). The summed E-state index contributed by atoms with van der Waals surface area (Å²) in [5.41, 5.74) is 4.05. The minimum atomic E-state index is -3.75. The van der Waals surface area contributed by atoms with Crippen molar-refractivity contribution in [3.8, 4) is 5.75 Å². The Kier molecular flexibility index (Phi) is 6.17. The van der Waals surface area contributed by atoms with Gasteiger partial charge in [-0.25, -0.2) is 18.5 Å². The number of imidazole rings is 1. The Hall–Kier alpha value is -3.69. The number of aryl methyl sites for hydroxylation is 1. The first kappa shape index (κ1) is 22.5. The Labute approximate surface area is 192 Å². The normalized spacial score (nSPS) is 12.5. The van der Waals surface area contributed by atoms with Gasteiger partial charge in [0.05, 0.1) is 16.6 Å². The molecule has 3 N–H and O–H groups in total. The number of nitrogens with two attached hydrogens (primary N) is 1. The monoisotopic (exact) mass is 464 g/mol. The predicted molar refractivity (Wildman–Crippen MR) is 124 cm³/mol. The Balaban J connectivity index is 1.36. The van der Waals surface area contributed by atoms with Crippen molar-refractivity contribution in [3.05, 3.63) is 95.4 Å². The number of primary sulfonamides is 1. The lowest BCUT2D eigenvalue weighted by atomic mass is 10.1. The van der Waals surface area contributed by atoms with E-state index in [1.54, 1.807) is 36.4 Å². The molecule has 0 bridgehead atoms. The molecule has 33 heavy (non-hydrogen) atoms. The summed E-state index contributed by atoms with van der Waals surface area (Å²) >= 11 is 0. The average Bonchev–Trinajstić information content (AvgIpc) is 3.22. The fourth-order valence-electron chi connectivity index (χ4n) is 3.44. The lowest BCUT2D eigenvalue weighted by Gasteiger charge is -2.15. The van der Waals surface area contributed by atoms with Crippen molar-refractivity contribution in [1.29, 1.82) is 0 Å². The molecule has 2 aromatic carbocycles. The van der Waals surface area contributed by atoms with Crippen LogP contribution < -0.4 is 15.2 Å². The molecule has 1 atom stereocenters. The highest BCUT2D eigenvalue weighted by Gasteiger charge is 2.14. The summed E-state index contributed by atoms with van der Waals surface area (Å²) in [5, 5.41) is 8.01. The number of ether oxygens (including phenoxy) is 1. The third kappa shape index (κ3) is 5.21. The van der Waals surface area contributed by atoms with Gasteiger partial charge in [-0.15, -0.1) is 0 Å². The third-order valence-corrected chi connectivity index (χ3v) is 6.22. The topological polar surface area (TPSA) is 116 Å². The SMILES string of the molecule is Cc1cccn2cc(COc3ccc(C(=O)NC(C)c4ccc(S(N)(=O)=O)cc4)cc3)nc12. The maximum Gasteiger partial charge on any atom is 0.251 e. The molecule has 0 aliphatic rings. The zero-order valence-corrected chi connectivity index (χ0v) is 19.0. The molecule has 0 spiro atoms. The van der Waals surface area contributed by atoms with E-state index in [4.69, 9.17) is 9.88 Å². The molecule has 2 heterocycles. The molecule has 0 saturated heterocycles. The van der Waals surface area contributed by atoms with Crippen LogP contribution >= 0.6 is 0 Å². The first-order valence-corrected chi connectivity index (χ1v) is 11.8. The highest BCUT2D eigenvalue weighted by Crippen LogP contribution is 2.18. The molecule has 170 valence electrons. The van der Waals surface area contributed by atoms with Gasteiger partial charge < -0.3 is 14.5 Å². The molecule has 1 amide bonds. The molecule has 0 radical (unpaired) electrons. The number of sulfonamides is 1. The van der Waals surface area contributed by atoms with E-state index in [2.05, 4.69) is 10.3 Å². The van der Waals surface area contributed by atoms with Gasteiger partial charge >= 0.3 is 0 Å². The molecule has 4 aromatic rings. The van der Waals surface area contributed by atoms with Crippen molar-refractivity contribution >= 4 is 21.6 Å². The van der Waals surface area contributed by atoms with Gasteiger partial charge in [-0.05, 0) is 67.4 Å². The lowest BCUT2D eigenvalue weighted by Crippen LogP contribution is -2.26. The Bertz CT molecular complexity index is 1390. The summed E-state index contributed by atoms with van der Waals surface area (Å²) in [6.07, 6.45) is 3.88. The number of nitrogens with one attached hydrogen (secondary N) is 1. The van der Waals surface area contributed by atoms with Gasteiger partial charge in [0.15, 0.2) is 0 Å². The van der Waals surface area contributed by atoms with Crippen molar-refractivity contribution in [1.82, 2.24) is 14.7 Å². The summed E-state index contributed by atoms with van der Waals surface area (Å²) < 4.78 is 30.5. The molecule has 0 fully saturated rings. The fourth-order valence-corrected chi connectivity index (χ4v) is 3.96. The third-order valence-electron chi connectivity index (χ3n) is 5.29. The molecular weight excluding hydrogens is 440 g/mol. The highest BCUT2D eigenvalue weighted by atomic mass is 32.2. The highest BCUT2D eigenvalue weighted by molar-refractivity contribution is 7.89. The van der Waals surface area contributed by atoms with Crippen LogP contribution in [0.3, 0.4) is 0 Å². The number of hydrogen-bond acceptors (Lipinski definition) is 5. The van der Waals surface area contributed by atoms with Crippen LogP contribution in [-0.2, 0) is 16.6 Å². The van der Waals surface area contributed by atoms with Crippen LogP contribution in [0.25, 0.3) is 5.65 Å². The van der Waals surface area contributed by atoms with Crippen LogP contribution in [0.1, 0.15) is 40.1 Å². The van der Waals surface area contributed by atoms with Gasteiger partial charge in [0.25, 0.3) is 5.91 Å². The van der Waals surface area contributed by atoms with Gasteiger partial charge in [0, 0.05) is 18.0 Å². The van der Waals surface area contributed by atoms with Gasteiger partial charge in [-0.3, -0.25) is 4.79 Å². The number of fused-ring (bicyclic) bond motifs is 1. The van der Waals surface area contributed by atoms with Crippen LogP contribution in [0.5, 0.6) is 5.75 Å². The van der Waals surface area contributed by atoms with E-state index in [0.717, 1.165) is 22.5 Å². The summed E-state index contributed by atoms with van der Waals surface area (Å²) in [6.45, 7) is 4.15. The Morgan fingerprint density at radius 1 is 1.12 bits per heavy atom. The van der Waals surface area contributed by atoms with E-state index in [1.807, 2.05) is 42.8 Å². The first-order valence-electron chi connectivity index (χ1n) is 10.3. The number of carbonyl (C=O) groups is 1. The van der Waals surface area contributed by atoms with Gasteiger partial charge in [-0.1, -0.05) is 18.2 Å². The molecule has 2 aromatic heterocycles. The first-order chi connectivity index (χ1) is 15.7. The molecular formula is C24H24N4O4S. The second kappa shape index (κ2) is 9.05. The van der Waals surface area contributed by atoms with E-state index < -0.39 is 10.0 Å². The number of pyridine rings is 1. The maximum atomic E-state index is 12.6. The summed E-state index contributed by atoms with van der Waals surface area (Å²) in [7, 11) is -3.75. The number of rotatable bonds is 7. The quantitative estimate of drug-likeness (QED) is 0.435. The predicted octanol–water partition coefficient (Wildman–Crippen LogP) is 3.36. The van der Waals surface area contributed by atoms with Crippen LogP contribution in [0, 0.1) is 6.92 Å². The Morgan fingerprint density at radius 2 is 1.82 bits per heavy atom. The molecule has 0 aliphatic carbocycles. The minimum Gasteiger partial charge on any atom is -0.487 e. The standard InChI is InChI=1S/C24H24N4O4S/c1-16-4-3-13-28-14-20(27-23(16)28)15-32-21-9-5-19(6-10-21)24(29)26-17(2)18-7-11-22(12-8-18)33(25,30)31/h3-14,17H,15H2,1-2H3,(H,26,29)(H2,25,30,31). The summed E-state index contributed by atoms with van der Waals surface area (Å²) in [5.74, 6) is 0.382. The molecule has 1 unspecified atom stereocenters. The average molecular weight is 465 g/mol. The van der Waals surface area contributed by atoms with E-state index in [-0.39, 0.29) is 16.8 Å². The summed E-state index contributed by atoms with van der Waals surface area (Å²) in [4.78, 5) is 17.2. The molecule has 9 heteroatoms. The smallest absolute Gasteiger partial charge is 0.251 e. The largest absolute Gasteiger partial charge is 0.487 e. The zero-order valence-electron chi connectivity index (χ0n) is 18.2. The number of carbonyl (C=O) groups excluding carboxylic acids is 1. The molecule has 8 nitrogen and oxygen atoms in total. The van der Waals surface area contributed by atoms with Crippen molar-refractivity contribution in [2.45, 2.75) is 31.4 Å². The zero-order chi connectivity index (χ0) is 23.6. The minimum absolute atomic E-state index is 0.0270. The van der Waals surface area contributed by atoms with Gasteiger partial charge in [0.2, 0.25) is 10.0 Å². The van der Waals surface area contributed by atoms with E-state index >= 15 is 0 Å².